The monoisotopic (exact) mass is 212 g/mol. The van der Waals surface area contributed by atoms with Crippen LogP contribution in [0.2, 0.25) is 0 Å². The van der Waals surface area contributed by atoms with Crippen molar-refractivity contribution in [1.82, 2.24) is 0 Å². The van der Waals surface area contributed by atoms with Gasteiger partial charge in [0, 0.05) is 12.2 Å². The van der Waals surface area contributed by atoms with Crippen LogP contribution in [0.5, 0.6) is 0 Å². The minimum Gasteiger partial charge on any atom is -0.475 e. The van der Waals surface area contributed by atoms with E-state index in [9.17, 15) is 4.79 Å². The number of unbranched alkanes of at least 4 members (excludes halogenated alkanes) is 2. The second kappa shape index (κ2) is 6.24. The Kier molecular flexibility index (Phi) is 4.90. The highest BCUT2D eigenvalue weighted by Crippen LogP contribution is 2.11. The molecule has 0 amide bonds. The Morgan fingerprint density at radius 2 is 2.33 bits per heavy atom. The van der Waals surface area contributed by atoms with Crippen molar-refractivity contribution in [3.63, 3.8) is 0 Å². The molecule has 0 aliphatic rings. The summed E-state index contributed by atoms with van der Waals surface area (Å²) in [6, 6.07) is 1.63. The number of rotatable bonds is 7. The van der Waals surface area contributed by atoms with E-state index in [-0.39, 0.29) is 5.76 Å². The standard InChI is InChI=1S/C11H16O4/c1-2-3-4-6-14-8-9-5-7-15-10(9)11(12)13/h5,7H,2-4,6,8H2,1H3,(H,12,13). The van der Waals surface area contributed by atoms with E-state index < -0.39 is 5.97 Å². The number of hydrogen-bond donors (Lipinski definition) is 1. The molecule has 0 fully saturated rings. The fourth-order valence-corrected chi connectivity index (χ4v) is 1.27. The summed E-state index contributed by atoms with van der Waals surface area (Å²) in [7, 11) is 0. The van der Waals surface area contributed by atoms with Gasteiger partial charge in [-0.2, -0.15) is 0 Å². The van der Waals surface area contributed by atoms with Crippen LogP contribution in [0.25, 0.3) is 0 Å². The van der Waals surface area contributed by atoms with E-state index in [1.165, 1.54) is 6.26 Å². The van der Waals surface area contributed by atoms with E-state index >= 15 is 0 Å². The van der Waals surface area contributed by atoms with E-state index in [0.29, 0.717) is 18.8 Å². The minimum atomic E-state index is -1.05. The van der Waals surface area contributed by atoms with Crippen LogP contribution in [0, 0.1) is 0 Å². The van der Waals surface area contributed by atoms with Crippen molar-refractivity contribution in [2.75, 3.05) is 6.61 Å². The highest BCUT2D eigenvalue weighted by Gasteiger charge is 2.13. The van der Waals surface area contributed by atoms with Crippen LogP contribution < -0.4 is 0 Å². The van der Waals surface area contributed by atoms with Gasteiger partial charge in [0.25, 0.3) is 0 Å². The Labute approximate surface area is 88.8 Å². The number of carbonyl (C=O) groups is 1. The molecule has 0 unspecified atom stereocenters. The Bertz CT molecular complexity index is 303. The molecule has 0 spiro atoms. The van der Waals surface area contributed by atoms with Crippen LogP contribution >= 0.6 is 0 Å². The zero-order valence-corrected chi connectivity index (χ0v) is 8.86. The molecule has 0 saturated heterocycles. The largest absolute Gasteiger partial charge is 0.475 e. The molecule has 0 bridgehead atoms. The number of ether oxygens (including phenoxy) is 1. The maximum atomic E-state index is 10.7. The number of carboxylic acids is 1. The number of carboxylic acid groups (broad SMARTS) is 1. The molecule has 4 heteroatoms. The average molecular weight is 212 g/mol. The lowest BCUT2D eigenvalue weighted by Gasteiger charge is -2.02. The Balaban J connectivity index is 2.31. The summed E-state index contributed by atoms with van der Waals surface area (Å²) in [5, 5.41) is 8.75. The van der Waals surface area contributed by atoms with Crippen molar-refractivity contribution in [3.05, 3.63) is 23.7 Å². The molecule has 84 valence electrons. The quantitative estimate of drug-likeness (QED) is 0.706. The van der Waals surface area contributed by atoms with Gasteiger partial charge in [-0.1, -0.05) is 19.8 Å². The molecule has 1 rings (SSSR count). The Morgan fingerprint density at radius 3 is 3.00 bits per heavy atom. The Hall–Kier alpha value is -1.29. The third-order valence-corrected chi connectivity index (χ3v) is 2.09. The zero-order chi connectivity index (χ0) is 11.1. The first-order valence-electron chi connectivity index (χ1n) is 5.13. The third-order valence-electron chi connectivity index (χ3n) is 2.09. The van der Waals surface area contributed by atoms with Gasteiger partial charge in [-0.3, -0.25) is 0 Å². The van der Waals surface area contributed by atoms with Gasteiger partial charge in [0.2, 0.25) is 5.76 Å². The van der Waals surface area contributed by atoms with Gasteiger partial charge >= 0.3 is 5.97 Å². The molecule has 1 aromatic rings. The van der Waals surface area contributed by atoms with Gasteiger partial charge < -0.3 is 14.3 Å². The summed E-state index contributed by atoms with van der Waals surface area (Å²) >= 11 is 0. The number of furan rings is 1. The summed E-state index contributed by atoms with van der Waals surface area (Å²) < 4.78 is 10.2. The summed E-state index contributed by atoms with van der Waals surface area (Å²) in [4.78, 5) is 10.7. The van der Waals surface area contributed by atoms with Crippen molar-refractivity contribution >= 4 is 5.97 Å². The van der Waals surface area contributed by atoms with Crippen LogP contribution in [0.1, 0.15) is 42.3 Å². The topological polar surface area (TPSA) is 59.7 Å². The summed E-state index contributed by atoms with van der Waals surface area (Å²) in [6.45, 7) is 3.10. The molecule has 0 saturated carbocycles. The summed E-state index contributed by atoms with van der Waals surface area (Å²) in [6.07, 6.45) is 4.66. The minimum absolute atomic E-state index is 0.0227. The van der Waals surface area contributed by atoms with Crippen LogP contribution in [0.3, 0.4) is 0 Å². The van der Waals surface area contributed by atoms with E-state index in [2.05, 4.69) is 6.92 Å². The van der Waals surface area contributed by atoms with Crippen molar-refractivity contribution in [2.45, 2.75) is 32.8 Å². The fraction of sp³-hybridized carbons (Fsp3) is 0.545. The first-order valence-corrected chi connectivity index (χ1v) is 5.13. The molecular formula is C11H16O4. The van der Waals surface area contributed by atoms with Gasteiger partial charge in [0.1, 0.15) is 0 Å². The molecular weight excluding hydrogens is 196 g/mol. The summed E-state index contributed by atoms with van der Waals surface area (Å²) in [5.41, 5.74) is 0.596. The van der Waals surface area contributed by atoms with Gasteiger partial charge in [-0.15, -0.1) is 0 Å². The maximum Gasteiger partial charge on any atom is 0.372 e. The molecule has 15 heavy (non-hydrogen) atoms. The highest BCUT2D eigenvalue weighted by molar-refractivity contribution is 5.85. The molecule has 0 atom stereocenters. The van der Waals surface area contributed by atoms with Crippen LogP contribution in [-0.4, -0.2) is 17.7 Å². The lowest BCUT2D eigenvalue weighted by molar-refractivity contribution is 0.0649. The number of aromatic carboxylic acids is 1. The van der Waals surface area contributed by atoms with Crippen molar-refractivity contribution in [1.29, 1.82) is 0 Å². The third kappa shape index (κ3) is 3.75. The zero-order valence-electron chi connectivity index (χ0n) is 8.86. The second-order valence-corrected chi connectivity index (χ2v) is 3.34. The normalized spacial score (nSPS) is 10.5. The van der Waals surface area contributed by atoms with Crippen molar-refractivity contribution < 1.29 is 19.1 Å². The predicted molar refractivity (Wildman–Crippen MR) is 54.8 cm³/mol. The van der Waals surface area contributed by atoms with Crippen molar-refractivity contribution in [3.8, 4) is 0 Å². The van der Waals surface area contributed by atoms with Crippen molar-refractivity contribution in [2.24, 2.45) is 0 Å². The first-order chi connectivity index (χ1) is 7.25. The second-order valence-electron chi connectivity index (χ2n) is 3.34. The molecule has 0 radical (unpaired) electrons. The van der Waals surface area contributed by atoms with Gasteiger partial charge in [0.05, 0.1) is 12.9 Å². The first kappa shape index (κ1) is 11.8. The van der Waals surface area contributed by atoms with Gasteiger partial charge in [0.15, 0.2) is 0 Å². The van der Waals surface area contributed by atoms with E-state index in [0.717, 1.165) is 19.3 Å². The molecule has 1 aromatic heterocycles. The summed E-state index contributed by atoms with van der Waals surface area (Å²) in [5.74, 6) is -1.07. The highest BCUT2D eigenvalue weighted by atomic mass is 16.5. The maximum absolute atomic E-state index is 10.7. The van der Waals surface area contributed by atoms with E-state index in [4.69, 9.17) is 14.3 Å². The van der Waals surface area contributed by atoms with Crippen LogP contribution in [-0.2, 0) is 11.3 Å². The molecule has 0 aliphatic carbocycles. The predicted octanol–water partition coefficient (Wildman–Crippen LogP) is 2.68. The average Bonchev–Trinajstić information content (AvgIpc) is 2.66. The van der Waals surface area contributed by atoms with Crippen LogP contribution in [0.15, 0.2) is 16.7 Å². The van der Waals surface area contributed by atoms with Gasteiger partial charge in [-0.05, 0) is 12.5 Å². The molecule has 1 heterocycles. The SMILES string of the molecule is CCCCCOCc1ccoc1C(=O)O. The number of hydrogen-bond acceptors (Lipinski definition) is 3. The molecule has 0 aromatic carbocycles. The molecule has 4 nitrogen and oxygen atoms in total. The molecule has 0 aliphatic heterocycles. The fourth-order valence-electron chi connectivity index (χ4n) is 1.27. The van der Waals surface area contributed by atoms with Crippen LogP contribution in [0.4, 0.5) is 0 Å². The lowest BCUT2D eigenvalue weighted by Crippen LogP contribution is -2.01. The lowest BCUT2D eigenvalue weighted by atomic mass is 10.2. The van der Waals surface area contributed by atoms with E-state index in [1.807, 2.05) is 0 Å². The molecule has 1 N–H and O–H groups in total. The van der Waals surface area contributed by atoms with Gasteiger partial charge in [-0.25, -0.2) is 4.79 Å². The Morgan fingerprint density at radius 1 is 1.53 bits per heavy atom. The smallest absolute Gasteiger partial charge is 0.372 e. The van der Waals surface area contributed by atoms with E-state index in [1.54, 1.807) is 6.07 Å².